The van der Waals surface area contributed by atoms with Gasteiger partial charge in [0.1, 0.15) is 0 Å². The molecule has 6 heteroatoms. The molecular formula is C10H14BrO4P. The van der Waals surface area contributed by atoms with E-state index >= 15 is 0 Å². The summed E-state index contributed by atoms with van der Waals surface area (Å²) in [6.45, 7) is 1.41. The number of rotatable bonds is 4. The first-order valence-electron chi connectivity index (χ1n) is 4.57. The van der Waals surface area contributed by atoms with Crippen LogP contribution in [0.1, 0.15) is 12.5 Å². The maximum absolute atomic E-state index is 12.2. The van der Waals surface area contributed by atoms with E-state index in [0.717, 1.165) is 4.47 Å². The van der Waals surface area contributed by atoms with Crippen molar-refractivity contribution in [1.29, 1.82) is 0 Å². The standard InChI is InChI=1S/C10H14BrO4P/c1-10(12,16(13,14-2)15-3)8-4-6-9(11)7-5-8/h4-7,12H,1-3H3/t10-/m0/s1. The molecule has 0 saturated carbocycles. The Kier molecular flexibility index (Phi) is 4.32. The van der Waals surface area contributed by atoms with Crippen molar-refractivity contribution < 1.29 is 18.7 Å². The molecule has 0 spiro atoms. The summed E-state index contributed by atoms with van der Waals surface area (Å²) < 4.78 is 22.6. The van der Waals surface area contributed by atoms with Gasteiger partial charge < -0.3 is 14.2 Å². The van der Waals surface area contributed by atoms with Crippen LogP contribution < -0.4 is 0 Å². The SMILES string of the molecule is COP(=O)(OC)[C@](C)(O)c1ccc(Br)cc1. The molecule has 0 aliphatic carbocycles. The number of halogens is 1. The largest absolute Gasteiger partial charge is 0.373 e. The normalized spacial score (nSPS) is 15.8. The van der Waals surface area contributed by atoms with Crippen molar-refractivity contribution in [2.45, 2.75) is 12.3 Å². The summed E-state index contributed by atoms with van der Waals surface area (Å²) in [6.07, 6.45) is 0. The van der Waals surface area contributed by atoms with Gasteiger partial charge in [-0.25, -0.2) is 0 Å². The predicted octanol–water partition coefficient (Wildman–Crippen LogP) is 3.10. The maximum atomic E-state index is 12.2. The van der Waals surface area contributed by atoms with Crippen molar-refractivity contribution in [2.75, 3.05) is 14.2 Å². The van der Waals surface area contributed by atoms with Gasteiger partial charge in [0.15, 0.2) is 5.34 Å². The van der Waals surface area contributed by atoms with Gasteiger partial charge in [0, 0.05) is 18.7 Å². The fourth-order valence-corrected chi connectivity index (χ4v) is 2.94. The lowest BCUT2D eigenvalue weighted by Crippen LogP contribution is -2.23. The summed E-state index contributed by atoms with van der Waals surface area (Å²) in [5.41, 5.74) is 0.475. The summed E-state index contributed by atoms with van der Waals surface area (Å²) in [7, 11) is -1.09. The quantitative estimate of drug-likeness (QED) is 0.868. The van der Waals surface area contributed by atoms with Crippen molar-refractivity contribution in [3.8, 4) is 0 Å². The Morgan fingerprint density at radius 1 is 1.25 bits per heavy atom. The Hall–Kier alpha value is -0.190. The predicted molar refractivity (Wildman–Crippen MR) is 65.3 cm³/mol. The Balaban J connectivity index is 3.19. The fourth-order valence-electron chi connectivity index (χ4n) is 1.35. The van der Waals surface area contributed by atoms with Crippen molar-refractivity contribution in [3.05, 3.63) is 34.3 Å². The molecule has 1 N–H and O–H groups in total. The second kappa shape index (κ2) is 4.98. The van der Waals surface area contributed by atoms with E-state index in [2.05, 4.69) is 15.9 Å². The van der Waals surface area contributed by atoms with Crippen molar-refractivity contribution >= 4 is 23.5 Å². The molecule has 0 amide bonds. The minimum Gasteiger partial charge on any atom is -0.373 e. The maximum Gasteiger partial charge on any atom is 0.365 e. The van der Waals surface area contributed by atoms with Gasteiger partial charge in [0.05, 0.1) is 0 Å². The van der Waals surface area contributed by atoms with E-state index in [1.165, 1.54) is 21.1 Å². The van der Waals surface area contributed by atoms with Crippen LogP contribution >= 0.6 is 23.5 Å². The topological polar surface area (TPSA) is 55.8 Å². The van der Waals surface area contributed by atoms with E-state index < -0.39 is 12.9 Å². The van der Waals surface area contributed by atoms with Gasteiger partial charge in [-0.2, -0.15) is 0 Å². The van der Waals surface area contributed by atoms with Crippen molar-refractivity contribution in [2.24, 2.45) is 0 Å². The summed E-state index contributed by atoms with van der Waals surface area (Å²) in [4.78, 5) is 0. The third-order valence-corrected chi connectivity index (χ3v) is 5.22. The Bertz CT molecular complexity index is 394. The average molecular weight is 309 g/mol. The molecule has 0 aromatic heterocycles. The van der Waals surface area contributed by atoms with Gasteiger partial charge in [0.2, 0.25) is 0 Å². The average Bonchev–Trinajstić information content (AvgIpc) is 2.28. The molecule has 90 valence electrons. The highest BCUT2D eigenvalue weighted by atomic mass is 79.9. The molecule has 1 aromatic rings. The summed E-state index contributed by atoms with van der Waals surface area (Å²) in [6, 6.07) is 6.82. The summed E-state index contributed by atoms with van der Waals surface area (Å²) >= 11 is 3.28. The molecule has 0 heterocycles. The van der Waals surface area contributed by atoms with Crippen molar-refractivity contribution in [3.63, 3.8) is 0 Å². The third kappa shape index (κ3) is 2.39. The minimum atomic E-state index is -3.58. The molecule has 1 atom stereocenters. The van der Waals surface area contributed by atoms with Gasteiger partial charge >= 0.3 is 7.60 Å². The zero-order valence-electron chi connectivity index (χ0n) is 9.31. The number of hydrogen-bond acceptors (Lipinski definition) is 4. The van der Waals surface area contributed by atoms with E-state index in [0.29, 0.717) is 5.56 Å². The van der Waals surface area contributed by atoms with Crippen LogP contribution in [0.5, 0.6) is 0 Å². The van der Waals surface area contributed by atoms with E-state index in [-0.39, 0.29) is 0 Å². The van der Waals surface area contributed by atoms with Crippen LogP contribution in [-0.4, -0.2) is 19.3 Å². The van der Waals surface area contributed by atoms with E-state index in [1.54, 1.807) is 24.3 Å². The summed E-state index contributed by atoms with van der Waals surface area (Å²) in [5, 5.41) is 8.60. The van der Waals surface area contributed by atoms with Gasteiger partial charge in [-0.1, -0.05) is 28.1 Å². The molecule has 0 fully saturated rings. The van der Waals surface area contributed by atoms with E-state index in [1.807, 2.05) is 0 Å². The first-order valence-corrected chi connectivity index (χ1v) is 6.91. The first-order chi connectivity index (χ1) is 7.37. The minimum absolute atomic E-state index is 0.475. The fraction of sp³-hybridized carbons (Fsp3) is 0.400. The Morgan fingerprint density at radius 2 is 1.69 bits per heavy atom. The van der Waals surface area contributed by atoms with Crippen LogP contribution in [0.2, 0.25) is 0 Å². The second-order valence-corrected chi connectivity index (χ2v) is 6.90. The lowest BCUT2D eigenvalue weighted by atomic mass is 10.1. The molecule has 4 nitrogen and oxygen atoms in total. The lowest BCUT2D eigenvalue weighted by Gasteiger charge is -2.29. The lowest BCUT2D eigenvalue weighted by molar-refractivity contribution is 0.0932. The van der Waals surface area contributed by atoms with Crippen LogP contribution in [0.4, 0.5) is 0 Å². The number of hydrogen-bond donors (Lipinski definition) is 1. The van der Waals surface area contributed by atoms with Crippen molar-refractivity contribution in [1.82, 2.24) is 0 Å². The van der Waals surface area contributed by atoms with E-state index in [9.17, 15) is 9.67 Å². The molecule has 0 unspecified atom stereocenters. The monoisotopic (exact) mass is 308 g/mol. The van der Waals surface area contributed by atoms with Crippen LogP contribution in [0.3, 0.4) is 0 Å². The molecule has 16 heavy (non-hydrogen) atoms. The highest BCUT2D eigenvalue weighted by molar-refractivity contribution is 9.10. The van der Waals surface area contributed by atoms with Crippen LogP contribution in [0.25, 0.3) is 0 Å². The molecule has 0 saturated heterocycles. The molecule has 1 aromatic carbocycles. The molecular weight excluding hydrogens is 295 g/mol. The highest BCUT2D eigenvalue weighted by Gasteiger charge is 2.46. The zero-order chi connectivity index (χ0) is 12.4. The highest BCUT2D eigenvalue weighted by Crippen LogP contribution is 2.62. The Morgan fingerprint density at radius 3 is 2.06 bits per heavy atom. The van der Waals surface area contributed by atoms with Gasteiger partial charge in [-0.15, -0.1) is 0 Å². The third-order valence-electron chi connectivity index (χ3n) is 2.41. The van der Waals surface area contributed by atoms with E-state index in [4.69, 9.17) is 9.05 Å². The second-order valence-electron chi connectivity index (χ2n) is 3.39. The van der Waals surface area contributed by atoms with Crippen LogP contribution in [-0.2, 0) is 19.0 Å². The van der Waals surface area contributed by atoms with Gasteiger partial charge in [-0.05, 0) is 24.6 Å². The van der Waals surface area contributed by atoms with Gasteiger partial charge in [0.25, 0.3) is 0 Å². The smallest absolute Gasteiger partial charge is 0.365 e. The zero-order valence-corrected chi connectivity index (χ0v) is 11.8. The van der Waals surface area contributed by atoms with Crippen LogP contribution in [0, 0.1) is 0 Å². The van der Waals surface area contributed by atoms with Crippen LogP contribution in [0.15, 0.2) is 28.7 Å². The first kappa shape index (κ1) is 13.9. The molecule has 0 aliphatic heterocycles. The number of aliphatic hydroxyl groups is 1. The van der Waals surface area contributed by atoms with Gasteiger partial charge in [-0.3, -0.25) is 4.57 Å². The molecule has 0 bridgehead atoms. The molecule has 0 aliphatic rings. The number of benzene rings is 1. The molecule has 1 rings (SSSR count). The Labute approximate surface area is 103 Å². The molecule has 0 radical (unpaired) electrons. The summed E-state index contributed by atoms with van der Waals surface area (Å²) in [5.74, 6) is 0.